The Morgan fingerprint density at radius 2 is 2.00 bits per heavy atom. The SMILES string of the molecule is Cc1cc2c(cc1C(=O)N=C(N)N)S(=O)(=O)CC(=O)O2. The number of amides is 1. The minimum absolute atomic E-state index is 0.0265. The number of sulfone groups is 1. The van der Waals surface area contributed by atoms with E-state index in [4.69, 9.17) is 16.2 Å². The van der Waals surface area contributed by atoms with Gasteiger partial charge in [-0.2, -0.15) is 4.99 Å². The monoisotopic (exact) mass is 297 g/mol. The van der Waals surface area contributed by atoms with Crippen molar-refractivity contribution in [1.82, 2.24) is 0 Å². The first-order chi connectivity index (χ1) is 9.20. The van der Waals surface area contributed by atoms with Crippen LogP contribution in [-0.2, 0) is 14.6 Å². The Hall–Kier alpha value is -2.42. The van der Waals surface area contributed by atoms with Crippen molar-refractivity contribution in [2.75, 3.05) is 5.75 Å². The summed E-state index contributed by atoms with van der Waals surface area (Å²) in [6.07, 6.45) is 0. The molecule has 1 aromatic carbocycles. The highest BCUT2D eigenvalue weighted by molar-refractivity contribution is 7.92. The molecule has 0 fully saturated rings. The number of carbonyl (C=O) groups is 2. The smallest absolute Gasteiger partial charge is 0.326 e. The number of carbonyl (C=O) groups excluding carboxylic acids is 2. The van der Waals surface area contributed by atoms with E-state index in [1.807, 2.05) is 0 Å². The molecule has 1 aliphatic rings. The van der Waals surface area contributed by atoms with Crippen LogP contribution in [0.1, 0.15) is 15.9 Å². The molecule has 0 aromatic heterocycles. The van der Waals surface area contributed by atoms with Crippen LogP contribution < -0.4 is 16.2 Å². The summed E-state index contributed by atoms with van der Waals surface area (Å²) in [6.45, 7) is 1.55. The first kappa shape index (κ1) is 14.0. The topological polar surface area (TPSA) is 142 Å². The van der Waals surface area contributed by atoms with Gasteiger partial charge in [0, 0.05) is 5.56 Å². The quantitative estimate of drug-likeness (QED) is 0.296. The molecule has 0 saturated carbocycles. The second kappa shape index (κ2) is 4.60. The molecular formula is C11H11N3O5S. The second-order valence-corrected chi connectivity index (χ2v) is 6.15. The third-order valence-corrected chi connectivity index (χ3v) is 4.22. The maximum atomic E-state index is 11.9. The van der Waals surface area contributed by atoms with E-state index in [2.05, 4.69) is 4.99 Å². The molecule has 0 bridgehead atoms. The summed E-state index contributed by atoms with van der Waals surface area (Å²) in [7, 11) is -3.83. The van der Waals surface area contributed by atoms with Gasteiger partial charge in [-0.3, -0.25) is 9.59 Å². The minimum atomic E-state index is -3.83. The Morgan fingerprint density at radius 3 is 2.60 bits per heavy atom. The molecule has 0 aliphatic carbocycles. The van der Waals surface area contributed by atoms with E-state index in [0.717, 1.165) is 6.07 Å². The summed E-state index contributed by atoms with van der Waals surface area (Å²) >= 11 is 0. The third kappa shape index (κ3) is 2.48. The standard InChI is InChI=1S/C11H11N3O5S/c1-5-2-7-8(20(17,18)4-9(15)19-7)3-6(5)10(16)14-11(12)13/h2-3H,4H2,1H3,(H4,12,13,14,16). The van der Waals surface area contributed by atoms with Gasteiger partial charge >= 0.3 is 5.97 Å². The van der Waals surface area contributed by atoms with E-state index >= 15 is 0 Å². The zero-order valence-electron chi connectivity index (χ0n) is 10.4. The van der Waals surface area contributed by atoms with Crippen molar-refractivity contribution in [2.24, 2.45) is 16.5 Å². The first-order valence-corrected chi connectivity index (χ1v) is 7.08. The van der Waals surface area contributed by atoms with Crippen LogP contribution in [0.3, 0.4) is 0 Å². The fourth-order valence-electron chi connectivity index (χ4n) is 1.78. The van der Waals surface area contributed by atoms with Gasteiger partial charge in [-0.15, -0.1) is 0 Å². The van der Waals surface area contributed by atoms with Gasteiger partial charge < -0.3 is 16.2 Å². The van der Waals surface area contributed by atoms with Crippen LogP contribution in [0, 0.1) is 6.92 Å². The van der Waals surface area contributed by atoms with Crippen LogP contribution in [0.2, 0.25) is 0 Å². The number of aryl methyl sites for hydroxylation is 1. The lowest BCUT2D eigenvalue weighted by atomic mass is 10.1. The van der Waals surface area contributed by atoms with Crippen LogP contribution >= 0.6 is 0 Å². The van der Waals surface area contributed by atoms with Crippen molar-refractivity contribution in [3.05, 3.63) is 23.3 Å². The van der Waals surface area contributed by atoms with E-state index in [1.165, 1.54) is 6.07 Å². The van der Waals surface area contributed by atoms with Gasteiger partial charge in [0.1, 0.15) is 10.6 Å². The van der Waals surface area contributed by atoms with E-state index in [-0.39, 0.29) is 16.2 Å². The van der Waals surface area contributed by atoms with E-state index in [0.29, 0.717) is 5.56 Å². The van der Waals surface area contributed by atoms with E-state index < -0.39 is 33.4 Å². The van der Waals surface area contributed by atoms with Crippen molar-refractivity contribution in [3.8, 4) is 5.75 Å². The molecule has 0 spiro atoms. The number of nitrogens with zero attached hydrogens (tertiary/aromatic N) is 1. The molecule has 0 unspecified atom stereocenters. The van der Waals surface area contributed by atoms with Gasteiger partial charge in [-0.05, 0) is 24.6 Å². The summed E-state index contributed by atoms with van der Waals surface area (Å²) < 4.78 is 28.6. The zero-order chi connectivity index (χ0) is 15.1. The first-order valence-electron chi connectivity index (χ1n) is 5.43. The molecule has 0 atom stereocenters. The minimum Gasteiger partial charge on any atom is -0.424 e. The molecule has 0 radical (unpaired) electrons. The average molecular weight is 297 g/mol. The molecule has 20 heavy (non-hydrogen) atoms. The Balaban J connectivity index is 2.63. The lowest BCUT2D eigenvalue weighted by molar-refractivity contribution is -0.132. The molecular weight excluding hydrogens is 286 g/mol. The predicted octanol–water partition coefficient (Wildman–Crippen LogP) is -0.899. The fourth-order valence-corrected chi connectivity index (χ4v) is 3.01. The summed E-state index contributed by atoms with van der Waals surface area (Å²) in [6, 6.07) is 2.40. The molecule has 2 rings (SSSR count). The Labute approximate surface area is 114 Å². The highest BCUT2D eigenvalue weighted by Gasteiger charge is 2.32. The number of nitrogens with two attached hydrogens (primary N) is 2. The Kier molecular flexibility index (Phi) is 3.22. The summed E-state index contributed by atoms with van der Waals surface area (Å²) in [5, 5.41) is 0. The van der Waals surface area contributed by atoms with Gasteiger partial charge in [0.25, 0.3) is 5.91 Å². The van der Waals surface area contributed by atoms with Gasteiger partial charge in [0.15, 0.2) is 21.5 Å². The highest BCUT2D eigenvalue weighted by Crippen LogP contribution is 2.32. The number of guanidine groups is 1. The number of esters is 1. The van der Waals surface area contributed by atoms with Crippen LogP contribution in [0.5, 0.6) is 5.75 Å². The molecule has 1 amide bonds. The molecule has 1 heterocycles. The number of hydrogen-bond acceptors (Lipinski definition) is 5. The van der Waals surface area contributed by atoms with Crippen LogP contribution in [-0.4, -0.2) is 32.0 Å². The number of fused-ring (bicyclic) bond motifs is 1. The number of ether oxygens (including phenoxy) is 1. The van der Waals surface area contributed by atoms with Crippen molar-refractivity contribution < 1.29 is 22.7 Å². The van der Waals surface area contributed by atoms with Crippen molar-refractivity contribution in [1.29, 1.82) is 0 Å². The maximum Gasteiger partial charge on any atom is 0.326 e. The molecule has 106 valence electrons. The van der Waals surface area contributed by atoms with Gasteiger partial charge in [-0.1, -0.05) is 0 Å². The summed E-state index contributed by atoms with van der Waals surface area (Å²) in [4.78, 5) is 26.1. The van der Waals surface area contributed by atoms with Crippen molar-refractivity contribution in [2.45, 2.75) is 11.8 Å². The average Bonchev–Trinajstić information content (AvgIpc) is 2.24. The normalized spacial score (nSPS) is 15.9. The van der Waals surface area contributed by atoms with Crippen LogP contribution in [0.15, 0.2) is 22.0 Å². The number of benzene rings is 1. The van der Waals surface area contributed by atoms with E-state index in [9.17, 15) is 18.0 Å². The van der Waals surface area contributed by atoms with E-state index in [1.54, 1.807) is 6.92 Å². The molecule has 9 heteroatoms. The fraction of sp³-hybridized carbons (Fsp3) is 0.182. The second-order valence-electron chi connectivity index (χ2n) is 4.19. The maximum absolute atomic E-state index is 11.9. The zero-order valence-corrected chi connectivity index (χ0v) is 11.2. The largest absolute Gasteiger partial charge is 0.424 e. The third-order valence-electron chi connectivity index (χ3n) is 2.62. The summed E-state index contributed by atoms with van der Waals surface area (Å²) in [5.41, 5.74) is 10.6. The highest BCUT2D eigenvalue weighted by atomic mass is 32.2. The Morgan fingerprint density at radius 1 is 1.35 bits per heavy atom. The van der Waals surface area contributed by atoms with Gasteiger partial charge in [0.2, 0.25) is 0 Å². The lowest BCUT2D eigenvalue weighted by Gasteiger charge is -2.17. The number of rotatable bonds is 1. The molecule has 0 saturated heterocycles. The molecule has 1 aromatic rings. The van der Waals surface area contributed by atoms with Gasteiger partial charge in [-0.25, -0.2) is 8.42 Å². The van der Waals surface area contributed by atoms with Crippen LogP contribution in [0.4, 0.5) is 0 Å². The van der Waals surface area contributed by atoms with Crippen LogP contribution in [0.25, 0.3) is 0 Å². The Bertz CT molecular complexity index is 748. The van der Waals surface area contributed by atoms with Gasteiger partial charge in [0.05, 0.1) is 0 Å². The molecule has 8 nitrogen and oxygen atoms in total. The summed E-state index contributed by atoms with van der Waals surface area (Å²) in [5.74, 6) is -2.92. The lowest BCUT2D eigenvalue weighted by Crippen LogP contribution is -2.28. The number of hydrogen-bond donors (Lipinski definition) is 2. The predicted molar refractivity (Wildman–Crippen MR) is 69.0 cm³/mol. The molecule has 1 aliphatic heterocycles. The number of aliphatic imine (C=N–C) groups is 1. The molecule has 4 N–H and O–H groups in total. The van der Waals surface area contributed by atoms with Crippen molar-refractivity contribution in [3.63, 3.8) is 0 Å². The van der Waals surface area contributed by atoms with Crippen molar-refractivity contribution >= 4 is 27.7 Å².